The zero-order valence-electron chi connectivity index (χ0n) is 10.9. The first-order valence-corrected chi connectivity index (χ1v) is 7.75. The van der Waals surface area contributed by atoms with Crippen LogP contribution in [0.4, 0.5) is 0 Å². The maximum atomic E-state index is 11.7. The normalized spacial score (nSPS) is 23.6. The molecule has 2 aliphatic rings. The molecule has 17 heavy (non-hydrogen) atoms. The molecule has 0 heterocycles. The van der Waals surface area contributed by atoms with Gasteiger partial charge in [-0.05, 0) is 25.7 Å². The van der Waals surface area contributed by atoms with Gasteiger partial charge in [0.2, 0.25) is 0 Å². The molecule has 0 aromatic rings. The smallest absolute Gasteiger partial charge is 0.786 e. The molecule has 2 fully saturated rings. The van der Waals surface area contributed by atoms with Crippen molar-refractivity contribution in [3.8, 4) is 0 Å². The van der Waals surface area contributed by atoms with Crippen molar-refractivity contribution in [2.45, 2.75) is 76.4 Å². The molecule has 0 spiro atoms. The summed E-state index contributed by atoms with van der Waals surface area (Å²) in [7, 11) is -1.88. The molecule has 0 atom stereocenters. The van der Waals surface area contributed by atoms with Gasteiger partial charge in [0, 0.05) is 0 Å². The molecule has 94 valence electrons. The Kier molecular flexibility index (Phi) is 9.79. The van der Waals surface area contributed by atoms with E-state index >= 15 is 0 Å². The molecule has 0 saturated heterocycles. The average Bonchev–Trinajstić information content (AvgIpc) is 2.31. The van der Waals surface area contributed by atoms with Crippen LogP contribution in [-0.2, 0) is 9.05 Å². The van der Waals surface area contributed by atoms with Crippen molar-refractivity contribution < 1.29 is 65.3 Å². The Morgan fingerprint density at radius 1 is 0.706 bits per heavy atom. The van der Waals surface area contributed by atoms with E-state index in [4.69, 9.17) is 9.05 Å². The molecular weight excluding hydrogens is 262 g/mol. The van der Waals surface area contributed by atoms with Crippen molar-refractivity contribution >= 4 is 8.60 Å². The Labute approximate surface area is 148 Å². The van der Waals surface area contributed by atoms with Crippen LogP contribution in [0, 0.1) is 0 Å². The first kappa shape index (κ1) is 17.0. The summed E-state index contributed by atoms with van der Waals surface area (Å²) < 4.78 is 11.0. The molecule has 0 unspecified atom stereocenters. The summed E-state index contributed by atoms with van der Waals surface area (Å²) in [6.07, 6.45) is 12.0. The van der Waals surface area contributed by atoms with Gasteiger partial charge in [0.1, 0.15) is 0 Å². The summed E-state index contributed by atoms with van der Waals surface area (Å²) in [5.74, 6) is 0. The van der Waals surface area contributed by atoms with Gasteiger partial charge in [-0.2, -0.15) is 0 Å². The fraction of sp³-hybridized carbons (Fsp3) is 1.00. The Bertz CT molecular complexity index is 174. The molecule has 0 radical (unpaired) electrons. The van der Waals surface area contributed by atoms with Gasteiger partial charge in [0.15, 0.2) is 0 Å². The molecule has 0 bridgehead atoms. The van der Waals surface area contributed by atoms with Crippen molar-refractivity contribution in [2.75, 3.05) is 0 Å². The van der Waals surface area contributed by atoms with E-state index in [0.29, 0.717) is 0 Å². The third-order valence-corrected chi connectivity index (χ3v) is 4.52. The standard InChI is InChI=1S/C12H22O3P.K/c13-16(14-11-7-3-1-4-8-11)15-12-9-5-2-6-10-12;/h11-12H,1-10H2;/q-1;+1. The van der Waals surface area contributed by atoms with Crippen LogP contribution < -0.4 is 56.3 Å². The van der Waals surface area contributed by atoms with Gasteiger partial charge in [-0.15, -0.1) is 0 Å². The molecular formula is C12H22KO3P. The number of hydrogen-bond donors (Lipinski definition) is 0. The zero-order chi connectivity index (χ0) is 11.2. The van der Waals surface area contributed by atoms with E-state index in [-0.39, 0.29) is 63.6 Å². The average molecular weight is 284 g/mol. The van der Waals surface area contributed by atoms with Crippen LogP contribution in [0.5, 0.6) is 0 Å². The van der Waals surface area contributed by atoms with Gasteiger partial charge >= 0.3 is 51.4 Å². The third-order valence-electron chi connectivity index (χ3n) is 3.57. The first-order valence-electron chi connectivity index (χ1n) is 6.65. The van der Waals surface area contributed by atoms with E-state index < -0.39 is 8.60 Å². The minimum atomic E-state index is -1.88. The summed E-state index contributed by atoms with van der Waals surface area (Å²) in [5.41, 5.74) is 0. The molecule has 2 rings (SSSR count). The number of hydrogen-bond acceptors (Lipinski definition) is 3. The molecule has 2 aliphatic carbocycles. The van der Waals surface area contributed by atoms with E-state index in [1.54, 1.807) is 0 Å². The third kappa shape index (κ3) is 6.78. The second kappa shape index (κ2) is 9.79. The van der Waals surface area contributed by atoms with Gasteiger partial charge in [0.05, 0.1) is 20.8 Å². The van der Waals surface area contributed by atoms with Crippen molar-refractivity contribution in [1.29, 1.82) is 0 Å². The van der Waals surface area contributed by atoms with E-state index in [1.807, 2.05) is 0 Å². The maximum Gasteiger partial charge on any atom is 1.00 e. The Balaban J connectivity index is 0.00000144. The second-order valence-corrected chi connectivity index (χ2v) is 5.82. The molecule has 0 aromatic heterocycles. The molecule has 2 saturated carbocycles. The van der Waals surface area contributed by atoms with Crippen LogP contribution in [0.2, 0.25) is 0 Å². The molecule has 0 amide bonds. The van der Waals surface area contributed by atoms with Gasteiger partial charge in [-0.3, -0.25) is 0 Å². The molecule has 0 N–H and O–H groups in total. The molecule has 0 aromatic carbocycles. The van der Waals surface area contributed by atoms with Crippen LogP contribution >= 0.6 is 8.60 Å². The Morgan fingerprint density at radius 2 is 1.06 bits per heavy atom. The van der Waals surface area contributed by atoms with Gasteiger partial charge in [-0.1, -0.05) is 38.5 Å². The van der Waals surface area contributed by atoms with E-state index in [0.717, 1.165) is 25.7 Å². The van der Waals surface area contributed by atoms with Crippen molar-refractivity contribution in [3.05, 3.63) is 0 Å². The Hall–Kier alpha value is 1.95. The monoisotopic (exact) mass is 284 g/mol. The first-order chi connectivity index (χ1) is 7.84. The summed E-state index contributed by atoms with van der Waals surface area (Å²) in [6, 6.07) is 0. The predicted molar refractivity (Wildman–Crippen MR) is 62.8 cm³/mol. The molecule has 5 heteroatoms. The van der Waals surface area contributed by atoms with Crippen LogP contribution in [-0.4, -0.2) is 12.2 Å². The summed E-state index contributed by atoms with van der Waals surface area (Å²) in [5, 5.41) is 0. The Morgan fingerprint density at radius 3 is 1.41 bits per heavy atom. The van der Waals surface area contributed by atoms with E-state index in [1.165, 1.54) is 38.5 Å². The minimum absolute atomic E-state index is 0. The van der Waals surface area contributed by atoms with Crippen molar-refractivity contribution in [2.24, 2.45) is 0 Å². The largest absolute Gasteiger partial charge is 1.00 e. The second-order valence-electron chi connectivity index (χ2n) is 4.95. The predicted octanol–water partition coefficient (Wildman–Crippen LogP) is 0.276. The summed E-state index contributed by atoms with van der Waals surface area (Å²) >= 11 is 0. The van der Waals surface area contributed by atoms with Crippen LogP contribution in [0.3, 0.4) is 0 Å². The van der Waals surface area contributed by atoms with Gasteiger partial charge in [0.25, 0.3) is 0 Å². The summed E-state index contributed by atoms with van der Waals surface area (Å²) in [4.78, 5) is 11.7. The van der Waals surface area contributed by atoms with E-state index in [2.05, 4.69) is 0 Å². The van der Waals surface area contributed by atoms with Crippen molar-refractivity contribution in [3.63, 3.8) is 0 Å². The van der Waals surface area contributed by atoms with Crippen molar-refractivity contribution in [1.82, 2.24) is 0 Å². The number of rotatable bonds is 4. The molecule has 0 aliphatic heterocycles. The van der Waals surface area contributed by atoms with Gasteiger partial charge in [-0.25, -0.2) is 0 Å². The fourth-order valence-electron chi connectivity index (χ4n) is 2.61. The van der Waals surface area contributed by atoms with Crippen LogP contribution in [0.25, 0.3) is 0 Å². The summed E-state index contributed by atoms with van der Waals surface area (Å²) in [6.45, 7) is 0. The topological polar surface area (TPSA) is 41.5 Å². The zero-order valence-corrected chi connectivity index (χ0v) is 14.9. The quantitative estimate of drug-likeness (QED) is 0.550. The maximum absolute atomic E-state index is 11.7. The van der Waals surface area contributed by atoms with Crippen LogP contribution in [0.15, 0.2) is 0 Å². The fourth-order valence-corrected chi connectivity index (χ4v) is 3.57. The van der Waals surface area contributed by atoms with Crippen LogP contribution in [0.1, 0.15) is 64.2 Å². The minimum Gasteiger partial charge on any atom is -0.786 e. The van der Waals surface area contributed by atoms with E-state index in [9.17, 15) is 4.89 Å². The van der Waals surface area contributed by atoms with Gasteiger partial charge < -0.3 is 13.9 Å². The SMILES string of the molecule is [K+].[O-]P(OC1CCCCC1)OC1CCCCC1. The molecule has 3 nitrogen and oxygen atoms in total.